The molecule has 1 rings (SSSR count). The standard InChI is InChI=1S/C12H21BrN2O2/c1-5-9-12(13)10(15(6-2)14-9)7-11(16)8(3)17-4/h8,11,16H,5-7H2,1-4H3. The van der Waals surface area contributed by atoms with Gasteiger partial charge < -0.3 is 9.84 Å². The minimum Gasteiger partial charge on any atom is -0.390 e. The van der Waals surface area contributed by atoms with E-state index in [1.165, 1.54) is 0 Å². The normalized spacial score (nSPS) is 14.9. The molecule has 1 heterocycles. The number of aromatic nitrogens is 2. The van der Waals surface area contributed by atoms with Crippen LogP contribution in [0.5, 0.6) is 0 Å². The molecule has 2 unspecified atom stereocenters. The van der Waals surface area contributed by atoms with Crippen molar-refractivity contribution in [3.63, 3.8) is 0 Å². The van der Waals surface area contributed by atoms with E-state index in [0.717, 1.165) is 28.8 Å². The lowest BCUT2D eigenvalue weighted by Gasteiger charge is -2.17. The number of aryl methyl sites for hydroxylation is 2. The molecule has 1 N–H and O–H groups in total. The van der Waals surface area contributed by atoms with Gasteiger partial charge in [-0.3, -0.25) is 4.68 Å². The van der Waals surface area contributed by atoms with Gasteiger partial charge in [-0.2, -0.15) is 5.10 Å². The fourth-order valence-electron chi connectivity index (χ4n) is 1.73. The van der Waals surface area contributed by atoms with Crippen LogP contribution in [0.15, 0.2) is 4.47 Å². The summed E-state index contributed by atoms with van der Waals surface area (Å²) in [6, 6.07) is 0. The summed E-state index contributed by atoms with van der Waals surface area (Å²) in [6.07, 6.45) is 0.752. The second-order valence-electron chi connectivity index (χ2n) is 4.09. The Bertz CT molecular complexity index is 366. The first-order valence-electron chi connectivity index (χ1n) is 5.99. The Morgan fingerprint density at radius 2 is 2.12 bits per heavy atom. The molecule has 2 atom stereocenters. The second kappa shape index (κ2) is 6.52. The molecule has 0 amide bonds. The summed E-state index contributed by atoms with van der Waals surface area (Å²) >= 11 is 3.57. The van der Waals surface area contributed by atoms with Crippen LogP contribution in [0.1, 0.15) is 32.2 Å². The van der Waals surface area contributed by atoms with Crippen molar-refractivity contribution < 1.29 is 9.84 Å². The summed E-state index contributed by atoms with van der Waals surface area (Å²) in [4.78, 5) is 0. The van der Waals surface area contributed by atoms with Crippen LogP contribution in [0.2, 0.25) is 0 Å². The molecule has 98 valence electrons. The van der Waals surface area contributed by atoms with Crippen molar-refractivity contribution in [1.29, 1.82) is 0 Å². The number of halogens is 1. The molecular weight excluding hydrogens is 284 g/mol. The maximum atomic E-state index is 10.0. The van der Waals surface area contributed by atoms with Gasteiger partial charge in [-0.15, -0.1) is 0 Å². The fourth-order valence-corrected chi connectivity index (χ4v) is 2.46. The SMILES string of the molecule is CCc1nn(CC)c(CC(O)C(C)OC)c1Br. The van der Waals surface area contributed by atoms with Crippen molar-refractivity contribution in [3.05, 3.63) is 15.9 Å². The number of aliphatic hydroxyl groups excluding tert-OH is 1. The Balaban J connectivity index is 2.92. The molecule has 4 nitrogen and oxygen atoms in total. The molecule has 1 aromatic heterocycles. The first kappa shape index (κ1) is 14.7. The number of rotatable bonds is 6. The monoisotopic (exact) mass is 304 g/mol. The molecule has 17 heavy (non-hydrogen) atoms. The molecular formula is C12H21BrN2O2. The van der Waals surface area contributed by atoms with E-state index in [0.29, 0.717) is 6.42 Å². The lowest BCUT2D eigenvalue weighted by Crippen LogP contribution is -2.28. The number of aliphatic hydroxyl groups is 1. The van der Waals surface area contributed by atoms with Crippen LogP contribution in [0.25, 0.3) is 0 Å². The van der Waals surface area contributed by atoms with Crippen LogP contribution in [0, 0.1) is 0 Å². The number of methoxy groups -OCH3 is 1. The van der Waals surface area contributed by atoms with Crippen LogP contribution < -0.4 is 0 Å². The van der Waals surface area contributed by atoms with Gasteiger partial charge in [-0.25, -0.2) is 0 Å². The highest BCUT2D eigenvalue weighted by Gasteiger charge is 2.20. The Morgan fingerprint density at radius 1 is 1.47 bits per heavy atom. The van der Waals surface area contributed by atoms with Gasteiger partial charge in [0.1, 0.15) is 0 Å². The zero-order chi connectivity index (χ0) is 13.0. The van der Waals surface area contributed by atoms with Crippen LogP contribution in [-0.2, 0) is 24.1 Å². The van der Waals surface area contributed by atoms with E-state index >= 15 is 0 Å². The van der Waals surface area contributed by atoms with E-state index in [4.69, 9.17) is 4.74 Å². The Kier molecular flexibility index (Phi) is 5.62. The summed E-state index contributed by atoms with van der Waals surface area (Å²) < 4.78 is 8.09. The smallest absolute Gasteiger partial charge is 0.0854 e. The molecule has 0 spiro atoms. The van der Waals surface area contributed by atoms with Gasteiger partial charge in [0, 0.05) is 20.1 Å². The molecule has 0 aliphatic carbocycles. The lowest BCUT2D eigenvalue weighted by molar-refractivity contribution is -0.000595. The minimum atomic E-state index is -0.511. The van der Waals surface area contributed by atoms with Crippen molar-refractivity contribution >= 4 is 15.9 Å². The highest BCUT2D eigenvalue weighted by Crippen LogP contribution is 2.24. The average Bonchev–Trinajstić information content (AvgIpc) is 2.65. The zero-order valence-corrected chi connectivity index (χ0v) is 12.5. The molecule has 0 aromatic carbocycles. The van der Waals surface area contributed by atoms with Crippen LogP contribution >= 0.6 is 15.9 Å². The van der Waals surface area contributed by atoms with E-state index in [1.54, 1.807) is 7.11 Å². The van der Waals surface area contributed by atoms with Crippen LogP contribution in [-0.4, -0.2) is 34.2 Å². The van der Waals surface area contributed by atoms with Crippen molar-refractivity contribution in [3.8, 4) is 0 Å². The third kappa shape index (κ3) is 3.30. The predicted molar refractivity (Wildman–Crippen MR) is 71.2 cm³/mol. The van der Waals surface area contributed by atoms with E-state index in [-0.39, 0.29) is 6.10 Å². The Hall–Kier alpha value is -0.390. The molecule has 0 saturated carbocycles. The van der Waals surface area contributed by atoms with E-state index in [1.807, 2.05) is 11.6 Å². The third-order valence-electron chi connectivity index (χ3n) is 3.01. The van der Waals surface area contributed by atoms with Crippen molar-refractivity contribution in [2.75, 3.05) is 7.11 Å². The summed E-state index contributed by atoms with van der Waals surface area (Å²) in [5, 5.41) is 14.5. The summed E-state index contributed by atoms with van der Waals surface area (Å²) in [7, 11) is 1.61. The summed E-state index contributed by atoms with van der Waals surface area (Å²) in [5.41, 5.74) is 2.08. The number of hydrogen-bond acceptors (Lipinski definition) is 3. The Labute approximate surface area is 111 Å². The topological polar surface area (TPSA) is 47.3 Å². The van der Waals surface area contributed by atoms with Gasteiger partial charge in [0.25, 0.3) is 0 Å². The zero-order valence-electron chi connectivity index (χ0n) is 10.9. The molecule has 1 aromatic rings. The number of ether oxygens (including phenoxy) is 1. The highest BCUT2D eigenvalue weighted by atomic mass is 79.9. The van der Waals surface area contributed by atoms with Gasteiger partial charge in [0.15, 0.2) is 0 Å². The maximum absolute atomic E-state index is 10.0. The van der Waals surface area contributed by atoms with Crippen molar-refractivity contribution in [2.24, 2.45) is 0 Å². The van der Waals surface area contributed by atoms with Crippen LogP contribution in [0.3, 0.4) is 0 Å². The second-order valence-corrected chi connectivity index (χ2v) is 4.88. The molecule has 0 saturated heterocycles. The van der Waals surface area contributed by atoms with E-state index < -0.39 is 6.10 Å². The van der Waals surface area contributed by atoms with Crippen LogP contribution in [0.4, 0.5) is 0 Å². The largest absolute Gasteiger partial charge is 0.390 e. The molecule has 0 bridgehead atoms. The van der Waals surface area contributed by atoms with Crippen molar-refractivity contribution in [2.45, 2.75) is 52.4 Å². The first-order valence-corrected chi connectivity index (χ1v) is 6.79. The number of nitrogens with zero attached hydrogens (tertiary/aromatic N) is 2. The third-order valence-corrected chi connectivity index (χ3v) is 3.93. The summed E-state index contributed by atoms with van der Waals surface area (Å²) in [6.45, 7) is 6.80. The summed E-state index contributed by atoms with van der Waals surface area (Å²) in [5.74, 6) is 0. The van der Waals surface area contributed by atoms with Gasteiger partial charge in [-0.05, 0) is 36.2 Å². The van der Waals surface area contributed by atoms with Gasteiger partial charge in [-0.1, -0.05) is 6.92 Å². The van der Waals surface area contributed by atoms with Gasteiger partial charge >= 0.3 is 0 Å². The molecule has 0 aliphatic heterocycles. The maximum Gasteiger partial charge on any atom is 0.0854 e. The van der Waals surface area contributed by atoms with Crippen molar-refractivity contribution in [1.82, 2.24) is 9.78 Å². The number of hydrogen-bond donors (Lipinski definition) is 1. The highest BCUT2D eigenvalue weighted by molar-refractivity contribution is 9.10. The van der Waals surface area contributed by atoms with E-state index in [9.17, 15) is 5.11 Å². The van der Waals surface area contributed by atoms with Gasteiger partial charge in [0.05, 0.1) is 28.1 Å². The molecule has 5 heteroatoms. The van der Waals surface area contributed by atoms with E-state index in [2.05, 4.69) is 34.9 Å². The first-order chi connectivity index (χ1) is 8.04. The Morgan fingerprint density at radius 3 is 2.59 bits per heavy atom. The van der Waals surface area contributed by atoms with Gasteiger partial charge in [0.2, 0.25) is 0 Å². The quantitative estimate of drug-likeness (QED) is 0.876. The minimum absolute atomic E-state index is 0.174. The molecule has 0 fully saturated rings. The molecule has 0 radical (unpaired) electrons. The lowest BCUT2D eigenvalue weighted by atomic mass is 10.1. The fraction of sp³-hybridized carbons (Fsp3) is 0.750. The molecule has 0 aliphatic rings. The predicted octanol–water partition coefficient (Wildman–Crippen LogP) is 2.17. The average molecular weight is 305 g/mol.